The van der Waals surface area contributed by atoms with Gasteiger partial charge < -0.3 is 4.74 Å². The van der Waals surface area contributed by atoms with Crippen molar-refractivity contribution in [3.63, 3.8) is 0 Å². The minimum Gasteiger partial charge on any atom is -0.465 e. The van der Waals surface area contributed by atoms with Gasteiger partial charge in [0.25, 0.3) is 10.0 Å². The number of hydrogen-bond donors (Lipinski definition) is 1. The fraction of sp³-hybridized carbons (Fsp3) is 0.222. The van der Waals surface area contributed by atoms with Crippen molar-refractivity contribution < 1.29 is 31.2 Å². The number of amides is 1. The lowest BCUT2D eigenvalue weighted by molar-refractivity contribution is -0.119. The lowest BCUT2D eigenvalue weighted by Crippen LogP contribution is -2.30. The van der Waals surface area contributed by atoms with Crippen LogP contribution in [0.5, 0.6) is 0 Å². The third kappa shape index (κ3) is 4.10. The third-order valence-corrected chi connectivity index (χ3v) is 7.54. The molecule has 1 atom stereocenters. The molecule has 0 spiro atoms. The molecule has 1 aliphatic rings. The molecule has 0 bridgehead atoms. The zero-order valence-corrected chi connectivity index (χ0v) is 17.2. The standard InChI is InChI=1S/C18H18N2O7S2/c1-12-11-28(23,24)20(17(12)21)15-6-8-16(9-7-15)29(25,26)19-14-5-3-4-13(10-14)18(22)27-2/h3-10,12,19H,11H2,1-2H3/t12-/m0/s1. The van der Waals surface area contributed by atoms with Crippen molar-refractivity contribution in [3.8, 4) is 0 Å². The van der Waals surface area contributed by atoms with Gasteiger partial charge in [0.2, 0.25) is 15.9 Å². The molecule has 0 aliphatic carbocycles. The SMILES string of the molecule is COC(=O)c1cccc(NS(=O)(=O)c2ccc(N3C(=O)[C@@H](C)CS3(=O)=O)cc2)c1. The summed E-state index contributed by atoms with van der Waals surface area (Å²) in [5.74, 6) is -2.11. The number of hydrogen-bond acceptors (Lipinski definition) is 7. The van der Waals surface area contributed by atoms with E-state index in [1.54, 1.807) is 0 Å². The minimum atomic E-state index is -4.01. The van der Waals surface area contributed by atoms with Gasteiger partial charge in [-0.2, -0.15) is 0 Å². The second-order valence-electron chi connectivity index (χ2n) is 6.45. The van der Waals surface area contributed by atoms with Crippen LogP contribution in [0.4, 0.5) is 11.4 Å². The van der Waals surface area contributed by atoms with E-state index in [1.165, 1.54) is 62.6 Å². The van der Waals surface area contributed by atoms with E-state index in [0.717, 1.165) is 0 Å². The fourth-order valence-electron chi connectivity index (χ4n) is 2.89. The van der Waals surface area contributed by atoms with Crippen molar-refractivity contribution >= 4 is 43.3 Å². The number of anilines is 2. The number of rotatable bonds is 5. The van der Waals surface area contributed by atoms with Crippen molar-refractivity contribution in [1.82, 2.24) is 0 Å². The molecule has 0 aromatic heterocycles. The smallest absolute Gasteiger partial charge is 0.337 e. The Morgan fingerprint density at radius 1 is 1.17 bits per heavy atom. The van der Waals surface area contributed by atoms with Gasteiger partial charge in [-0.25, -0.2) is 25.9 Å². The Kier molecular flexibility index (Phi) is 5.37. The molecule has 1 N–H and O–H groups in total. The molecule has 0 unspecified atom stereocenters. The highest BCUT2D eigenvalue weighted by atomic mass is 32.2. The number of sulfonamides is 2. The highest BCUT2D eigenvalue weighted by Gasteiger charge is 2.41. The van der Waals surface area contributed by atoms with Gasteiger partial charge in [-0.1, -0.05) is 13.0 Å². The van der Waals surface area contributed by atoms with Crippen LogP contribution in [-0.2, 0) is 29.6 Å². The summed E-state index contributed by atoms with van der Waals surface area (Å²) in [5, 5.41) is 0. The van der Waals surface area contributed by atoms with E-state index < -0.39 is 37.8 Å². The van der Waals surface area contributed by atoms with Gasteiger partial charge >= 0.3 is 5.97 Å². The van der Waals surface area contributed by atoms with Crippen molar-refractivity contribution in [2.75, 3.05) is 21.9 Å². The molecule has 0 saturated carbocycles. The zero-order valence-electron chi connectivity index (χ0n) is 15.5. The van der Waals surface area contributed by atoms with Crippen LogP contribution in [0.3, 0.4) is 0 Å². The second-order valence-corrected chi connectivity index (χ2v) is 10.00. The molecule has 3 rings (SSSR count). The van der Waals surface area contributed by atoms with E-state index in [-0.39, 0.29) is 27.6 Å². The van der Waals surface area contributed by atoms with Crippen LogP contribution in [0.15, 0.2) is 53.4 Å². The summed E-state index contributed by atoms with van der Waals surface area (Å²) < 4.78 is 57.2. The maximum Gasteiger partial charge on any atom is 0.337 e. The van der Waals surface area contributed by atoms with E-state index in [0.29, 0.717) is 4.31 Å². The van der Waals surface area contributed by atoms with E-state index in [2.05, 4.69) is 9.46 Å². The van der Waals surface area contributed by atoms with Gasteiger partial charge in [0, 0.05) is 5.69 Å². The van der Waals surface area contributed by atoms with Crippen LogP contribution in [0.25, 0.3) is 0 Å². The van der Waals surface area contributed by atoms with Gasteiger partial charge in [-0.3, -0.25) is 9.52 Å². The molecule has 29 heavy (non-hydrogen) atoms. The van der Waals surface area contributed by atoms with Crippen molar-refractivity contribution in [3.05, 3.63) is 54.1 Å². The highest BCUT2D eigenvalue weighted by molar-refractivity contribution is 7.94. The molecule has 1 amide bonds. The Hall–Kier alpha value is -2.92. The second kappa shape index (κ2) is 7.48. The molecule has 11 heteroatoms. The van der Waals surface area contributed by atoms with Gasteiger partial charge in [0.15, 0.2) is 0 Å². The molecular formula is C18H18N2O7S2. The largest absolute Gasteiger partial charge is 0.465 e. The van der Waals surface area contributed by atoms with E-state index in [1.807, 2.05) is 0 Å². The number of methoxy groups -OCH3 is 1. The summed E-state index contributed by atoms with van der Waals surface area (Å²) in [6, 6.07) is 10.7. The summed E-state index contributed by atoms with van der Waals surface area (Å²) in [7, 11) is -6.57. The Morgan fingerprint density at radius 3 is 2.38 bits per heavy atom. The topological polar surface area (TPSA) is 127 Å². The predicted molar refractivity (Wildman–Crippen MR) is 105 cm³/mol. The highest BCUT2D eigenvalue weighted by Crippen LogP contribution is 2.29. The quantitative estimate of drug-likeness (QED) is 0.702. The Morgan fingerprint density at radius 2 is 1.83 bits per heavy atom. The first-order valence-electron chi connectivity index (χ1n) is 8.43. The molecule has 154 valence electrons. The van der Waals surface area contributed by atoms with Gasteiger partial charge in [-0.05, 0) is 42.5 Å². The number of esters is 1. The third-order valence-electron chi connectivity index (χ3n) is 4.28. The normalized spacial score (nSPS) is 18.5. The van der Waals surface area contributed by atoms with Crippen molar-refractivity contribution in [2.45, 2.75) is 11.8 Å². The summed E-state index contributed by atoms with van der Waals surface area (Å²) in [6.07, 6.45) is 0. The van der Waals surface area contributed by atoms with Gasteiger partial charge in [0.05, 0.1) is 34.9 Å². The maximum absolute atomic E-state index is 12.6. The molecule has 1 saturated heterocycles. The monoisotopic (exact) mass is 438 g/mol. The predicted octanol–water partition coefficient (Wildman–Crippen LogP) is 1.59. The average molecular weight is 438 g/mol. The number of nitrogens with zero attached hydrogens (tertiary/aromatic N) is 1. The molecule has 2 aromatic rings. The lowest BCUT2D eigenvalue weighted by atomic mass is 10.2. The van der Waals surface area contributed by atoms with E-state index in [9.17, 15) is 26.4 Å². The van der Waals surface area contributed by atoms with Crippen molar-refractivity contribution in [2.24, 2.45) is 5.92 Å². The Labute approximate surface area is 168 Å². The first-order valence-corrected chi connectivity index (χ1v) is 11.5. The number of ether oxygens (including phenoxy) is 1. The number of carbonyl (C=O) groups is 2. The van der Waals surface area contributed by atoms with Gasteiger partial charge in [-0.15, -0.1) is 0 Å². The zero-order chi connectivity index (χ0) is 21.4. The van der Waals surface area contributed by atoms with Crippen LogP contribution in [0.2, 0.25) is 0 Å². The first kappa shape index (κ1) is 20.8. The summed E-state index contributed by atoms with van der Waals surface area (Å²) in [5.41, 5.74) is 0.406. The summed E-state index contributed by atoms with van der Waals surface area (Å²) >= 11 is 0. The molecule has 1 heterocycles. The van der Waals surface area contributed by atoms with Gasteiger partial charge in [0.1, 0.15) is 0 Å². The van der Waals surface area contributed by atoms with Crippen LogP contribution in [0.1, 0.15) is 17.3 Å². The summed E-state index contributed by atoms with van der Waals surface area (Å²) in [4.78, 5) is 23.6. The van der Waals surface area contributed by atoms with Crippen LogP contribution in [0, 0.1) is 5.92 Å². The molecule has 1 aliphatic heterocycles. The fourth-order valence-corrected chi connectivity index (χ4v) is 5.76. The van der Waals surface area contributed by atoms with Crippen LogP contribution in [-0.4, -0.2) is 41.6 Å². The molecule has 1 fully saturated rings. The van der Waals surface area contributed by atoms with Crippen LogP contribution >= 0.6 is 0 Å². The van der Waals surface area contributed by atoms with E-state index >= 15 is 0 Å². The van der Waals surface area contributed by atoms with Crippen LogP contribution < -0.4 is 9.03 Å². The van der Waals surface area contributed by atoms with Crippen molar-refractivity contribution in [1.29, 1.82) is 0 Å². The number of carbonyl (C=O) groups excluding carboxylic acids is 2. The number of nitrogens with one attached hydrogen (secondary N) is 1. The summed E-state index contributed by atoms with van der Waals surface area (Å²) in [6.45, 7) is 1.52. The number of benzene rings is 2. The minimum absolute atomic E-state index is 0.0750. The Bertz CT molecular complexity index is 1170. The molecule has 0 radical (unpaired) electrons. The molecular weight excluding hydrogens is 420 g/mol. The molecule has 9 nitrogen and oxygen atoms in total. The lowest BCUT2D eigenvalue weighted by Gasteiger charge is -2.16. The maximum atomic E-state index is 12.6. The Balaban J connectivity index is 1.86. The molecule has 2 aromatic carbocycles. The average Bonchev–Trinajstić information content (AvgIpc) is 2.87. The van der Waals surface area contributed by atoms with E-state index in [4.69, 9.17) is 0 Å². The first-order chi connectivity index (χ1) is 13.5.